The van der Waals surface area contributed by atoms with Crippen LogP contribution in [0.1, 0.15) is 36.0 Å². The van der Waals surface area contributed by atoms with Gasteiger partial charge in [0, 0.05) is 23.5 Å². The van der Waals surface area contributed by atoms with Crippen molar-refractivity contribution in [2.45, 2.75) is 37.8 Å². The Morgan fingerprint density at radius 1 is 1.15 bits per heavy atom. The maximum absolute atomic E-state index is 14.6. The number of amides is 1. The molecule has 4 aromatic heterocycles. The fourth-order valence-electron chi connectivity index (χ4n) is 4.14. The third kappa shape index (κ3) is 4.58. The number of halogens is 4. The lowest BCUT2D eigenvalue weighted by Crippen LogP contribution is -2.41. The normalized spacial score (nSPS) is 18.2. The summed E-state index contributed by atoms with van der Waals surface area (Å²) in [7, 11) is 0. The van der Waals surface area contributed by atoms with E-state index in [2.05, 4.69) is 30.8 Å². The molecular formula is C22H18ClF3N6OS. The van der Waals surface area contributed by atoms with Gasteiger partial charge in [-0.1, -0.05) is 11.6 Å². The van der Waals surface area contributed by atoms with Gasteiger partial charge < -0.3 is 10.6 Å². The summed E-state index contributed by atoms with van der Waals surface area (Å²) < 4.78 is 43.4. The zero-order valence-electron chi connectivity index (χ0n) is 17.5. The summed E-state index contributed by atoms with van der Waals surface area (Å²) in [6, 6.07) is 3.19. The number of fused-ring (bicyclic) bond motifs is 1. The van der Waals surface area contributed by atoms with E-state index in [0.29, 0.717) is 16.3 Å². The van der Waals surface area contributed by atoms with Gasteiger partial charge in [-0.25, -0.2) is 23.1 Å². The highest BCUT2D eigenvalue weighted by molar-refractivity contribution is 7.14. The molecule has 1 unspecified atom stereocenters. The zero-order valence-corrected chi connectivity index (χ0v) is 19.1. The van der Waals surface area contributed by atoms with Crippen molar-refractivity contribution in [3.05, 3.63) is 57.1 Å². The average molecular weight is 507 g/mol. The average Bonchev–Trinajstić information content (AvgIpc) is 3.42. The largest absolute Gasteiger partial charge is 0.365 e. The lowest BCUT2D eigenvalue weighted by molar-refractivity contribution is 0.0927. The van der Waals surface area contributed by atoms with Crippen molar-refractivity contribution in [3.63, 3.8) is 0 Å². The molecule has 0 spiro atoms. The highest BCUT2D eigenvalue weighted by Gasteiger charge is 2.26. The predicted molar refractivity (Wildman–Crippen MR) is 123 cm³/mol. The lowest BCUT2D eigenvalue weighted by atomic mass is 9.90. The van der Waals surface area contributed by atoms with Gasteiger partial charge >= 0.3 is 0 Å². The van der Waals surface area contributed by atoms with E-state index in [0.717, 1.165) is 37.6 Å². The monoisotopic (exact) mass is 506 g/mol. The Bertz CT molecular complexity index is 1380. The minimum Gasteiger partial charge on any atom is -0.365 e. The van der Waals surface area contributed by atoms with Crippen molar-refractivity contribution in [3.8, 4) is 11.4 Å². The second kappa shape index (κ2) is 9.22. The van der Waals surface area contributed by atoms with Crippen molar-refractivity contribution in [2.75, 3.05) is 5.32 Å². The first-order valence-electron chi connectivity index (χ1n) is 10.5. The molecular weight excluding hydrogens is 489 g/mol. The molecule has 0 saturated heterocycles. The number of hydrogen-bond donors (Lipinski definition) is 3. The van der Waals surface area contributed by atoms with E-state index in [9.17, 15) is 18.0 Å². The fourth-order valence-corrected chi connectivity index (χ4v) is 5.00. The smallest absolute Gasteiger partial charge is 0.252 e. The number of nitrogens with zero attached hydrogens (tertiary/aromatic N) is 3. The molecule has 3 N–H and O–H groups in total. The standard InChI is InChI=1S/C22H18ClF3N6OS/c23-17-4-10(9-34-17)22(33)29-13-3-1-2-12(6-13)28-21-16(26)7-15(25)19(30-21)18-14-5-11(24)8-27-20(14)32-31-18/h4-5,7-9,12-13H,1-3,6H2,(H,28,30)(H,29,33)(H,27,31,32)/t12?,13-/m1/s1. The van der Waals surface area contributed by atoms with Crippen LogP contribution in [-0.2, 0) is 0 Å². The Morgan fingerprint density at radius 3 is 2.76 bits per heavy atom. The fraction of sp³-hybridized carbons (Fsp3) is 0.273. The minimum absolute atomic E-state index is 0.103. The van der Waals surface area contributed by atoms with Crippen molar-refractivity contribution in [2.24, 2.45) is 0 Å². The van der Waals surface area contributed by atoms with E-state index >= 15 is 0 Å². The number of H-pyrrole nitrogens is 1. The topological polar surface area (TPSA) is 95.6 Å². The number of aromatic amines is 1. The number of thiophene rings is 1. The molecule has 4 heterocycles. The maximum Gasteiger partial charge on any atom is 0.252 e. The summed E-state index contributed by atoms with van der Waals surface area (Å²) in [5.74, 6) is -2.73. The van der Waals surface area contributed by atoms with Gasteiger partial charge in [-0.2, -0.15) is 5.10 Å². The number of pyridine rings is 2. The molecule has 1 fully saturated rings. The van der Waals surface area contributed by atoms with Crippen LogP contribution in [0.5, 0.6) is 0 Å². The molecule has 5 rings (SSSR count). The molecule has 1 aliphatic carbocycles. The maximum atomic E-state index is 14.6. The Kier molecular flexibility index (Phi) is 6.13. The number of carbonyl (C=O) groups is 1. The lowest BCUT2D eigenvalue weighted by Gasteiger charge is -2.30. The number of hydrogen-bond acceptors (Lipinski definition) is 6. The summed E-state index contributed by atoms with van der Waals surface area (Å²) >= 11 is 7.19. The molecule has 7 nitrogen and oxygen atoms in total. The number of carbonyl (C=O) groups excluding carboxylic acids is 1. The number of nitrogens with one attached hydrogen (secondary N) is 3. The van der Waals surface area contributed by atoms with Crippen LogP contribution >= 0.6 is 22.9 Å². The first kappa shape index (κ1) is 22.6. The molecule has 0 aromatic carbocycles. The highest BCUT2D eigenvalue weighted by atomic mass is 35.5. The Morgan fingerprint density at radius 2 is 1.97 bits per heavy atom. The number of rotatable bonds is 5. The van der Waals surface area contributed by atoms with Crippen LogP contribution in [0.2, 0.25) is 4.34 Å². The quantitative estimate of drug-likeness (QED) is 0.341. The van der Waals surface area contributed by atoms with E-state index in [1.54, 1.807) is 11.4 Å². The molecule has 4 aromatic rings. The summed E-state index contributed by atoms with van der Waals surface area (Å²) in [6.07, 6.45) is 3.86. The van der Waals surface area contributed by atoms with Crippen LogP contribution in [0.25, 0.3) is 22.4 Å². The van der Waals surface area contributed by atoms with E-state index in [1.165, 1.54) is 11.3 Å². The van der Waals surface area contributed by atoms with Crippen molar-refractivity contribution in [1.29, 1.82) is 0 Å². The Hall–Kier alpha value is -3.18. The van der Waals surface area contributed by atoms with Crippen molar-refractivity contribution >= 4 is 45.7 Å². The third-order valence-corrected chi connectivity index (χ3v) is 6.81. The van der Waals surface area contributed by atoms with Gasteiger partial charge in [0.1, 0.15) is 11.5 Å². The van der Waals surface area contributed by atoms with Crippen LogP contribution in [0.3, 0.4) is 0 Å². The van der Waals surface area contributed by atoms with Gasteiger partial charge in [-0.05, 0) is 37.8 Å². The van der Waals surface area contributed by atoms with Crippen LogP contribution in [0, 0.1) is 17.5 Å². The van der Waals surface area contributed by atoms with Crippen LogP contribution < -0.4 is 10.6 Å². The molecule has 0 aliphatic heterocycles. The minimum atomic E-state index is -0.916. The predicted octanol–water partition coefficient (Wildman–Crippen LogP) is 5.31. The van der Waals surface area contributed by atoms with Gasteiger partial charge in [0.25, 0.3) is 5.91 Å². The number of aromatic nitrogens is 4. The zero-order chi connectivity index (χ0) is 23.8. The Labute approximate surface area is 200 Å². The molecule has 0 bridgehead atoms. The van der Waals surface area contributed by atoms with Gasteiger partial charge in [0.2, 0.25) is 0 Å². The highest BCUT2D eigenvalue weighted by Crippen LogP contribution is 2.30. The SMILES string of the molecule is O=C(N[C@@H]1CCCC(Nc2nc(-c3[nH]nc4ncc(F)cc34)c(F)cc2F)C1)c1csc(Cl)c1. The first-order chi connectivity index (χ1) is 16.4. The van der Waals surface area contributed by atoms with E-state index in [1.807, 2.05) is 0 Å². The van der Waals surface area contributed by atoms with E-state index in [-0.39, 0.29) is 46.2 Å². The second-order valence-corrected chi connectivity index (χ2v) is 9.63. The third-order valence-electron chi connectivity index (χ3n) is 5.72. The van der Waals surface area contributed by atoms with Gasteiger partial charge in [0.15, 0.2) is 23.1 Å². The number of anilines is 1. The van der Waals surface area contributed by atoms with Crippen molar-refractivity contribution < 1.29 is 18.0 Å². The molecule has 34 heavy (non-hydrogen) atoms. The van der Waals surface area contributed by atoms with Gasteiger partial charge in [-0.15, -0.1) is 11.3 Å². The van der Waals surface area contributed by atoms with Gasteiger partial charge in [0.05, 0.1) is 27.2 Å². The van der Waals surface area contributed by atoms with Crippen LogP contribution in [0.4, 0.5) is 19.0 Å². The van der Waals surface area contributed by atoms with Crippen molar-refractivity contribution in [1.82, 2.24) is 25.5 Å². The second-order valence-electron chi connectivity index (χ2n) is 8.09. The summed E-state index contributed by atoms with van der Waals surface area (Å²) in [5.41, 5.74) is 0.590. The molecule has 12 heteroatoms. The summed E-state index contributed by atoms with van der Waals surface area (Å²) in [6.45, 7) is 0. The van der Waals surface area contributed by atoms with Crippen LogP contribution in [-0.4, -0.2) is 38.2 Å². The van der Waals surface area contributed by atoms with Gasteiger partial charge in [-0.3, -0.25) is 9.89 Å². The van der Waals surface area contributed by atoms with E-state index in [4.69, 9.17) is 11.6 Å². The molecule has 1 amide bonds. The first-order valence-corrected chi connectivity index (χ1v) is 11.8. The Balaban J connectivity index is 1.35. The molecule has 2 atom stereocenters. The molecule has 176 valence electrons. The molecule has 0 radical (unpaired) electrons. The van der Waals surface area contributed by atoms with Crippen LogP contribution in [0.15, 0.2) is 29.8 Å². The molecule has 1 saturated carbocycles. The summed E-state index contributed by atoms with van der Waals surface area (Å²) in [4.78, 5) is 20.4. The van der Waals surface area contributed by atoms with E-state index < -0.39 is 17.5 Å². The summed E-state index contributed by atoms with van der Waals surface area (Å²) in [5, 5.41) is 14.5. The molecule has 1 aliphatic rings.